The lowest BCUT2D eigenvalue weighted by molar-refractivity contribution is -0.0191. The van der Waals surface area contributed by atoms with Crippen LogP contribution >= 0.6 is 0 Å². The van der Waals surface area contributed by atoms with Crippen molar-refractivity contribution < 1.29 is 19.3 Å². The number of aliphatic hydroxyl groups excluding tert-OH is 2. The van der Waals surface area contributed by atoms with Gasteiger partial charge in [-0.05, 0) is 54.4 Å². The van der Waals surface area contributed by atoms with Crippen LogP contribution in [0.2, 0.25) is 0 Å². The van der Waals surface area contributed by atoms with Crippen LogP contribution in [0.4, 0.5) is 4.39 Å². The zero-order chi connectivity index (χ0) is 18.7. The Hall–Kier alpha value is -1.17. The van der Waals surface area contributed by atoms with Crippen LogP contribution < -0.4 is 4.74 Å². The highest BCUT2D eigenvalue weighted by Crippen LogP contribution is 2.42. The minimum atomic E-state index is -0.397. The maximum atomic E-state index is 12.3. The van der Waals surface area contributed by atoms with Crippen molar-refractivity contribution in [1.29, 1.82) is 0 Å². The SMILES string of the molecule is CC(C)C[C@@H]1CN2CCc3cc(OCCC[18F])c(CO)cc3[C@H]2C[C@H]1O. The molecule has 1 fully saturated rings. The first-order valence-corrected chi connectivity index (χ1v) is 9.90. The second kappa shape index (κ2) is 8.68. The fourth-order valence-electron chi connectivity index (χ4n) is 4.50. The quantitative estimate of drug-likeness (QED) is 0.730. The number of nitrogens with zero attached hydrogens (tertiary/aromatic N) is 1. The van der Waals surface area contributed by atoms with E-state index in [1.54, 1.807) is 0 Å². The third-order valence-corrected chi connectivity index (χ3v) is 5.75. The van der Waals surface area contributed by atoms with E-state index in [4.69, 9.17) is 4.74 Å². The van der Waals surface area contributed by atoms with Crippen LogP contribution in [-0.2, 0) is 13.0 Å². The topological polar surface area (TPSA) is 52.9 Å². The van der Waals surface area contributed by atoms with Gasteiger partial charge in [-0.2, -0.15) is 0 Å². The summed E-state index contributed by atoms with van der Waals surface area (Å²) in [7, 11) is 0. The van der Waals surface area contributed by atoms with Gasteiger partial charge in [0.25, 0.3) is 0 Å². The number of halogens is 1. The van der Waals surface area contributed by atoms with Crippen molar-refractivity contribution in [1.82, 2.24) is 4.90 Å². The summed E-state index contributed by atoms with van der Waals surface area (Å²) in [6, 6.07) is 4.26. The molecule has 5 heteroatoms. The number of alkyl halides is 1. The standard InChI is InChI=1S/C21H32FNO3/c1-14(2)8-16-12-23-6-4-15-10-21(26-7-3-5-22)17(13-24)9-18(15)19(23)11-20(16)25/h9-10,14,16,19-20,24-25H,3-8,11-13H2,1-2H3/t16-,19-,20-/m1/s1/i22-1. The van der Waals surface area contributed by atoms with Crippen LogP contribution in [0.25, 0.3) is 0 Å². The summed E-state index contributed by atoms with van der Waals surface area (Å²) in [5, 5.41) is 20.4. The van der Waals surface area contributed by atoms with Gasteiger partial charge in [0.2, 0.25) is 0 Å². The van der Waals surface area contributed by atoms with Crippen molar-refractivity contribution in [2.24, 2.45) is 11.8 Å². The Morgan fingerprint density at radius 3 is 2.85 bits per heavy atom. The molecule has 1 saturated heterocycles. The number of rotatable bonds is 7. The number of hydrogen-bond acceptors (Lipinski definition) is 4. The summed E-state index contributed by atoms with van der Waals surface area (Å²) in [6.45, 7) is 6.18. The third-order valence-electron chi connectivity index (χ3n) is 5.75. The van der Waals surface area contributed by atoms with Crippen LogP contribution in [0.15, 0.2) is 12.1 Å². The summed E-state index contributed by atoms with van der Waals surface area (Å²) < 4.78 is 18.0. The van der Waals surface area contributed by atoms with Crippen molar-refractivity contribution in [3.63, 3.8) is 0 Å². The Morgan fingerprint density at radius 2 is 2.15 bits per heavy atom. The second-order valence-corrected chi connectivity index (χ2v) is 8.16. The molecule has 1 aromatic rings. The van der Waals surface area contributed by atoms with Crippen molar-refractivity contribution in [3.05, 3.63) is 28.8 Å². The summed E-state index contributed by atoms with van der Waals surface area (Å²) in [5.74, 6) is 1.60. The fourth-order valence-corrected chi connectivity index (χ4v) is 4.50. The average Bonchev–Trinajstić information content (AvgIpc) is 2.61. The lowest BCUT2D eigenvalue weighted by Gasteiger charge is -2.46. The molecule has 146 valence electrons. The van der Waals surface area contributed by atoms with Gasteiger partial charge in [0.1, 0.15) is 5.75 Å². The molecule has 0 bridgehead atoms. The lowest BCUT2D eigenvalue weighted by atomic mass is 9.79. The van der Waals surface area contributed by atoms with E-state index in [1.807, 2.05) is 12.1 Å². The van der Waals surface area contributed by atoms with E-state index in [1.165, 1.54) is 11.1 Å². The minimum absolute atomic E-state index is 0.0938. The highest BCUT2D eigenvalue weighted by Gasteiger charge is 2.38. The average molecular weight is 364 g/mol. The summed E-state index contributed by atoms with van der Waals surface area (Å²) in [6.07, 6.45) is 2.84. The molecule has 0 saturated carbocycles. The first-order valence-electron chi connectivity index (χ1n) is 9.90. The maximum Gasteiger partial charge on any atom is 0.125 e. The van der Waals surface area contributed by atoms with Crippen LogP contribution in [0.3, 0.4) is 0 Å². The lowest BCUT2D eigenvalue weighted by Crippen LogP contribution is -2.48. The molecule has 0 unspecified atom stereocenters. The Labute approximate surface area is 156 Å². The monoisotopic (exact) mass is 364 g/mol. The Balaban J connectivity index is 1.80. The summed E-state index contributed by atoms with van der Waals surface area (Å²) in [5.41, 5.74) is 3.19. The summed E-state index contributed by atoms with van der Waals surface area (Å²) >= 11 is 0. The highest BCUT2D eigenvalue weighted by molar-refractivity contribution is 5.45. The molecular formula is C21H32FNO3. The molecule has 3 atom stereocenters. The summed E-state index contributed by atoms with van der Waals surface area (Å²) in [4.78, 5) is 2.49. The number of aliphatic hydroxyl groups is 2. The number of benzene rings is 1. The molecule has 4 nitrogen and oxygen atoms in total. The van der Waals surface area contributed by atoms with Gasteiger partial charge in [-0.3, -0.25) is 9.29 Å². The molecule has 2 aliphatic rings. The zero-order valence-corrected chi connectivity index (χ0v) is 16.0. The number of ether oxygens (including phenoxy) is 1. The number of piperidine rings is 1. The molecule has 0 aromatic heterocycles. The van der Waals surface area contributed by atoms with Crippen molar-refractivity contribution >= 4 is 0 Å². The van der Waals surface area contributed by atoms with Gasteiger partial charge in [-0.15, -0.1) is 0 Å². The van der Waals surface area contributed by atoms with Crippen LogP contribution in [0.5, 0.6) is 5.75 Å². The van der Waals surface area contributed by atoms with E-state index >= 15 is 0 Å². The molecule has 0 spiro atoms. The number of hydrogen-bond donors (Lipinski definition) is 2. The highest BCUT2D eigenvalue weighted by atomic mass is 18.2. The minimum Gasteiger partial charge on any atom is -0.493 e. The van der Waals surface area contributed by atoms with E-state index in [2.05, 4.69) is 18.7 Å². The first-order chi connectivity index (χ1) is 12.5. The zero-order valence-electron chi connectivity index (χ0n) is 16.0. The molecule has 2 N–H and O–H groups in total. The van der Waals surface area contributed by atoms with Gasteiger partial charge in [-0.1, -0.05) is 13.8 Å². The molecule has 3 rings (SSSR count). The van der Waals surface area contributed by atoms with E-state index < -0.39 is 6.67 Å². The van der Waals surface area contributed by atoms with Crippen LogP contribution in [-0.4, -0.2) is 47.6 Å². The first kappa shape index (κ1) is 19.6. The molecule has 0 amide bonds. The Kier molecular flexibility index (Phi) is 6.54. The molecule has 0 radical (unpaired) electrons. The van der Waals surface area contributed by atoms with E-state index in [0.717, 1.165) is 37.9 Å². The molecule has 2 aliphatic heterocycles. The van der Waals surface area contributed by atoms with E-state index in [9.17, 15) is 14.6 Å². The van der Waals surface area contributed by atoms with Crippen LogP contribution in [0.1, 0.15) is 55.8 Å². The number of fused-ring (bicyclic) bond motifs is 3. The molecule has 1 aromatic carbocycles. The molecular weight excluding hydrogens is 332 g/mol. The largest absolute Gasteiger partial charge is 0.493 e. The van der Waals surface area contributed by atoms with Gasteiger partial charge in [0.05, 0.1) is 26.0 Å². The van der Waals surface area contributed by atoms with Crippen molar-refractivity contribution in [2.75, 3.05) is 26.4 Å². The van der Waals surface area contributed by atoms with Gasteiger partial charge >= 0.3 is 0 Å². The van der Waals surface area contributed by atoms with E-state index in [-0.39, 0.29) is 18.8 Å². The predicted octanol–water partition coefficient (Wildman–Crippen LogP) is 3.24. The smallest absolute Gasteiger partial charge is 0.125 e. The normalized spacial score (nSPS) is 25.8. The molecule has 26 heavy (non-hydrogen) atoms. The molecule has 2 heterocycles. The Morgan fingerprint density at radius 1 is 1.35 bits per heavy atom. The van der Waals surface area contributed by atoms with E-state index in [0.29, 0.717) is 30.6 Å². The van der Waals surface area contributed by atoms with Gasteiger partial charge in [0.15, 0.2) is 0 Å². The predicted molar refractivity (Wildman–Crippen MR) is 100 cm³/mol. The van der Waals surface area contributed by atoms with Crippen molar-refractivity contribution in [2.45, 2.75) is 58.3 Å². The van der Waals surface area contributed by atoms with Crippen LogP contribution in [0, 0.1) is 11.8 Å². The maximum absolute atomic E-state index is 12.3. The fraction of sp³-hybridized carbons (Fsp3) is 0.714. The van der Waals surface area contributed by atoms with Gasteiger partial charge in [-0.25, -0.2) is 0 Å². The molecule has 0 aliphatic carbocycles. The third kappa shape index (κ3) is 4.21. The van der Waals surface area contributed by atoms with Crippen molar-refractivity contribution in [3.8, 4) is 5.75 Å². The van der Waals surface area contributed by atoms with Gasteiger partial charge < -0.3 is 14.9 Å². The Bertz CT molecular complexity index is 607. The second-order valence-electron chi connectivity index (χ2n) is 8.16. The van der Waals surface area contributed by atoms with Gasteiger partial charge in [0, 0.05) is 31.1 Å².